The lowest BCUT2D eigenvalue weighted by Crippen LogP contribution is -2.02. The fourth-order valence-electron chi connectivity index (χ4n) is 3.76. The molecular formula is C24H17FN6O3. The van der Waals surface area contributed by atoms with E-state index < -0.39 is 5.82 Å². The number of nitrogens with zero attached hydrogens (tertiary/aromatic N) is 6. The molecule has 34 heavy (non-hydrogen) atoms. The minimum atomic E-state index is -0.434. The van der Waals surface area contributed by atoms with Crippen LogP contribution < -0.4 is 0 Å². The maximum Gasteiger partial charge on any atom is 0.281 e. The molecule has 2 aromatic carbocycles. The number of ether oxygens (including phenoxy) is 2. The molecule has 0 aliphatic carbocycles. The lowest BCUT2D eigenvalue weighted by atomic mass is 10.1. The number of para-hydroxylation sites is 1. The van der Waals surface area contributed by atoms with E-state index in [0.717, 1.165) is 16.7 Å². The molecule has 1 fully saturated rings. The van der Waals surface area contributed by atoms with Crippen molar-refractivity contribution in [2.24, 2.45) is 0 Å². The molecule has 0 atom stereocenters. The molecule has 5 aromatic rings. The van der Waals surface area contributed by atoms with Crippen molar-refractivity contribution in [1.82, 2.24) is 30.1 Å². The van der Waals surface area contributed by atoms with Crippen LogP contribution in [-0.2, 0) is 9.47 Å². The molecule has 1 saturated heterocycles. The second-order valence-electron chi connectivity index (χ2n) is 7.50. The minimum Gasteiger partial charge on any atom is -0.346 e. The zero-order valence-corrected chi connectivity index (χ0v) is 17.7. The van der Waals surface area contributed by atoms with Gasteiger partial charge < -0.3 is 14.0 Å². The predicted molar refractivity (Wildman–Crippen MR) is 118 cm³/mol. The van der Waals surface area contributed by atoms with Crippen molar-refractivity contribution in [3.05, 3.63) is 84.4 Å². The maximum absolute atomic E-state index is 14.6. The molecule has 0 radical (unpaired) electrons. The molecule has 1 aliphatic rings. The van der Waals surface area contributed by atoms with E-state index in [9.17, 15) is 4.39 Å². The van der Waals surface area contributed by atoms with Crippen LogP contribution in [0.4, 0.5) is 4.39 Å². The molecule has 0 saturated carbocycles. The molecule has 9 nitrogen and oxygen atoms in total. The Morgan fingerprint density at radius 1 is 0.882 bits per heavy atom. The minimum absolute atomic E-state index is 0.163. The number of halogens is 1. The Balaban J connectivity index is 1.40. The summed E-state index contributed by atoms with van der Waals surface area (Å²) in [7, 11) is 0. The van der Waals surface area contributed by atoms with Crippen molar-refractivity contribution < 1.29 is 18.4 Å². The third kappa shape index (κ3) is 3.64. The van der Waals surface area contributed by atoms with Crippen LogP contribution in [0.1, 0.15) is 11.9 Å². The summed E-state index contributed by atoms with van der Waals surface area (Å²) in [5.41, 5.74) is 3.48. The Hall–Kier alpha value is -4.28. The molecule has 10 heteroatoms. The van der Waals surface area contributed by atoms with E-state index in [2.05, 4.69) is 25.4 Å². The van der Waals surface area contributed by atoms with Crippen LogP contribution in [-0.4, -0.2) is 43.3 Å². The summed E-state index contributed by atoms with van der Waals surface area (Å²) in [5.74, 6) is 0.114. The lowest BCUT2D eigenvalue weighted by molar-refractivity contribution is -0.0441. The van der Waals surface area contributed by atoms with Gasteiger partial charge in [-0.2, -0.15) is 4.98 Å². The van der Waals surface area contributed by atoms with Gasteiger partial charge in [0.05, 0.1) is 13.2 Å². The monoisotopic (exact) mass is 456 g/mol. The molecular weight excluding hydrogens is 439 g/mol. The van der Waals surface area contributed by atoms with Gasteiger partial charge in [-0.1, -0.05) is 46.8 Å². The average Bonchev–Trinajstić information content (AvgIpc) is 3.66. The number of rotatable bonds is 5. The Bertz CT molecular complexity index is 1430. The first-order chi connectivity index (χ1) is 16.8. The topological polar surface area (TPSA) is 101 Å². The summed E-state index contributed by atoms with van der Waals surface area (Å²) >= 11 is 0. The van der Waals surface area contributed by atoms with Crippen molar-refractivity contribution in [1.29, 1.82) is 0 Å². The van der Waals surface area contributed by atoms with E-state index in [1.807, 2.05) is 24.3 Å². The van der Waals surface area contributed by atoms with Gasteiger partial charge in [-0.3, -0.25) is 4.98 Å². The number of aromatic nitrogens is 6. The highest BCUT2D eigenvalue weighted by molar-refractivity contribution is 5.76. The first-order valence-electron chi connectivity index (χ1n) is 10.6. The summed E-state index contributed by atoms with van der Waals surface area (Å²) in [4.78, 5) is 8.59. The molecule has 0 unspecified atom stereocenters. The zero-order chi connectivity index (χ0) is 22.9. The summed E-state index contributed by atoms with van der Waals surface area (Å²) in [5, 5.41) is 12.6. The van der Waals surface area contributed by atoms with E-state index in [1.165, 1.54) is 10.7 Å². The smallest absolute Gasteiger partial charge is 0.281 e. The molecule has 6 rings (SSSR count). The van der Waals surface area contributed by atoms with Crippen LogP contribution in [0, 0.1) is 5.82 Å². The fourth-order valence-corrected chi connectivity index (χ4v) is 3.76. The fraction of sp³-hybridized carbons (Fsp3) is 0.125. The van der Waals surface area contributed by atoms with E-state index >= 15 is 0 Å². The summed E-state index contributed by atoms with van der Waals surface area (Å²) in [6.07, 6.45) is 2.92. The molecule has 0 spiro atoms. The van der Waals surface area contributed by atoms with Gasteiger partial charge >= 0.3 is 0 Å². The number of hydrogen-bond acceptors (Lipinski definition) is 8. The standard InChI is InChI=1S/C24H17FN6O3/c25-18-3-1-2-4-19(18)31-21(15-9-11-26-12-10-15)20(28-30-31)23-27-22(29-34-23)16-5-7-17(8-6-16)24-32-13-14-33-24/h1-12,24H,13-14H2. The molecule has 4 heterocycles. The van der Waals surface area contributed by atoms with Crippen molar-refractivity contribution in [3.63, 3.8) is 0 Å². The van der Waals surface area contributed by atoms with Crippen molar-refractivity contribution >= 4 is 0 Å². The number of hydrogen-bond donors (Lipinski definition) is 0. The largest absolute Gasteiger partial charge is 0.346 e. The van der Waals surface area contributed by atoms with Crippen LogP contribution in [0.25, 0.3) is 39.9 Å². The van der Waals surface area contributed by atoms with Gasteiger partial charge in [0.15, 0.2) is 12.0 Å². The number of pyridine rings is 1. The van der Waals surface area contributed by atoms with Gasteiger partial charge in [-0.15, -0.1) is 5.10 Å². The van der Waals surface area contributed by atoms with Gasteiger partial charge in [-0.05, 0) is 24.3 Å². The van der Waals surface area contributed by atoms with Crippen LogP contribution >= 0.6 is 0 Å². The van der Waals surface area contributed by atoms with Crippen molar-refractivity contribution in [2.45, 2.75) is 6.29 Å². The molecule has 1 aliphatic heterocycles. The normalized spacial score (nSPS) is 14.0. The zero-order valence-electron chi connectivity index (χ0n) is 17.7. The second-order valence-corrected chi connectivity index (χ2v) is 7.50. The van der Waals surface area contributed by atoms with E-state index in [1.54, 1.807) is 42.7 Å². The van der Waals surface area contributed by atoms with Gasteiger partial charge in [0.1, 0.15) is 17.2 Å². The second kappa shape index (κ2) is 8.58. The van der Waals surface area contributed by atoms with Crippen molar-refractivity contribution in [3.8, 4) is 39.9 Å². The number of benzene rings is 2. The van der Waals surface area contributed by atoms with Crippen LogP contribution in [0.15, 0.2) is 77.6 Å². The highest BCUT2D eigenvalue weighted by Crippen LogP contribution is 2.33. The Kier molecular flexibility index (Phi) is 5.13. The Morgan fingerprint density at radius 2 is 1.65 bits per heavy atom. The van der Waals surface area contributed by atoms with Gasteiger partial charge in [0.2, 0.25) is 5.82 Å². The van der Waals surface area contributed by atoms with Crippen LogP contribution in [0.2, 0.25) is 0 Å². The molecule has 3 aromatic heterocycles. The third-order valence-electron chi connectivity index (χ3n) is 5.40. The van der Waals surface area contributed by atoms with E-state index in [0.29, 0.717) is 30.4 Å². The SMILES string of the molecule is Fc1ccccc1-n1nnc(-c2nc(-c3ccc(C4OCCO4)cc3)no2)c1-c1ccncc1. The van der Waals surface area contributed by atoms with Gasteiger partial charge in [-0.25, -0.2) is 9.07 Å². The highest BCUT2D eigenvalue weighted by atomic mass is 19.1. The molecule has 0 amide bonds. The third-order valence-corrected chi connectivity index (χ3v) is 5.40. The lowest BCUT2D eigenvalue weighted by Gasteiger charge is -2.08. The molecule has 0 N–H and O–H groups in total. The predicted octanol–water partition coefficient (Wildman–Crippen LogP) is 4.23. The highest BCUT2D eigenvalue weighted by Gasteiger charge is 2.24. The Morgan fingerprint density at radius 3 is 2.41 bits per heavy atom. The van der Waals surface area contributed by atoms with E-state index in [-0.39, 0.29) is 17.9 Å². The van der Waals surface area contributed by atoms with Gasteiger partial charge in [0.25, 0.3) is 5.89 Å². The van der Waals surface area contributed by atoms with E-state index in [4.69, 9.17) is 14.0 Å². The summed E-state index contributed by atoms with van der Waals surface area (Å²) in [6, 6.07) is 17.4. The molecule has 0 bridgehead atoms. The first kappa shape index (κ1) is 20.3. The summed E-state index contributed by atoms with van der Waals surface area (Å²) < 4.78 is 32.6. The van der Waals surface area contributed by atoms with Crippen LogP contribution in [0.3, 0.4) is 0 Å². The van der Waals surface area contributed by atoms with Gasteiger partial charge in [0, 0.05) is 29.1 Å². The average molecular weight is 456 g/mol. The summed E-state index contributed by atoms with van der Waals surface area (Å²) in [6.45, 7) is 1.15. The maximum atomic E-state index is 14.6. The first-order valence-corrected chi connectivity index (χ1v) is 10.6. The Labute approximate surface area is 192 Å². The van der Waals surface area contributed by atoms with Crippen LogP contribution in [0.5, 0.6) is 0 Å². The van der Waals surface area contributed by atoms with Crippen molar-refractivity contribution in [2.75, 3.05) is 13.2 Å². The quantitative estimate of drug-likeness (QED) is 0.387. The molecule has 168 valence electrons.